The predicted octanol–water partition coefficient (Wildman–Crippen LogP) is 3.28. The molecule has 1 saturated heterocycles. The molecule has 2 aliphatic heterocycles. The van der Waals surface area contributed by atoms with Crippen molar-refractivity contribution < 1.29 is 13.2 Å². The van der Waals surface area contributed by atoms with Gasteiger partial charge in [-0.2, -0.15) is 4.72 Å². The molecule has 1 aromatic heterocycles. The summed E-state index contributed by atoms with van der Waals surface area (Å²) in [6.07, 6.45) is 1.37. The normalized spacial score (nSPS) is 19.4. The molecule has 9 heteroatoms. The van der Waals surface area contributed by atoms with E-state index < -0.39 is 16.1 Å². The van der Waals surface area contributed by atoms with E-state index in [-0.39, 0.29) is 10.1 Å². The molecule has 0 spiro atoms. The van der Waals surface area contributed by atoms with Crippen LogP contribution in [0.4, 0.5) is 5.69 Å². The number of nitrogens with zero attached hydrogens (tertiary/aromatic N) is 1. The molecule has 0 unspecified atom stereocenters. The SMILES string of the molecule is O=C1[C@@H](NS(=O)(=O)c2cc3cc(Cl)ccc3s2)CCN1c1ccc2c(c1)CCNC2. The number of rotatable bonds is 4. The van der Waals surface area contributed by atoms with Gasteiger partial charge in [0, 0.05) is 28.5 Å². The Morgan fingerprint density at radius 3 is 2.87 bits per heavy atom. The largest absolute Gasteiger partial charge is 0.312 e. The van der Waals surface area contributed by atoms with Crippen molar-refractivity contribution in [2.45, 2.75) is 29.6 Å². The van der Waals surface area contributed by atoms with Crippen molar-refractivity contribution in [1.29, 1.82) is 0 Å². The van der Waals surface area contributed by atoms with Crippen LogP contribution in [0.1, 0.15) is 17.5 Å². The minimum Gasteiger partial charge on any atom is -0.312 e. The van der Waals surface area contributed by atoms with E-state index >= 15 is 0 Å². The Hall–Kier alpha value is -1.97. The summed E-state index contributed by atoms with van der Waals surface area (Å²) in [4.78, 5) is 14.7. The molecule has 0 radical (unpaired) electrons. The first-order chi connectivity index (χ1) is 14.4. The molecule has 30 heavy (non-hydrogen) atoms. The summed E-state index contributed by atoms with van der Waals surface area (Å²) in [6.45, 7) is 2.25. The predicted molar refractivity (Wildman–Crippen MR) is 120 cm³/mol. The number of amides is 1. The molecule has 5 rings (SSSR count). The smallest absolute Gasteiger partial charge is 0.250 e. The quantitative estimate of drug-likeness (QED) is 0.625. The van der Waals surface area contributed by atoms with Crippen molar-refractivity contribution in [3.8, 4) is 0 Å². The lowest BCUT2D eigenvalue weighted by molar-refractivity contribution is -0.118. The van der Waals surface area contributed by atoms with Gasteiger partial charge in [-0.15, -0.1) is 11.3 Å². The first-order valence-corrected chi connectivity index (χ1v) is 12.4. The summed E-state index contributed by atoms with van der Waals surface area (Å²) in [7, 11) is -3.80. The highest BCUT2D eigenvalue weighted by atomic mass is 35.5. The minimum atomic E-state index is -3.80. The number of fused-ring (bicyclic) bond motifs is 2. The van der Waals surface area contributed by atoms with E-state index in [9.17, 15) is 13.2 Å². The fourth-order valence-electron chi connectivity index (χ4n) is 4.04. The summed E-state index contributed by atoms with van der Waals surface area (Å²) in [5.74, 6) is -0.211. The highest BCUT2D eigenvalue weighted by Crippen LogP contribution is 2.32. The third-order valence-electron chi connectivity index (χ3n) is 5.61. The first-order valence-electron chi connectivity index (χ1n) is 9.76. The molecule has 0 aliphatic carbocycles. The number of anilines is 1. The summed E-state index contributed by atoms with van der Waals surface area (Å²) >= 11 is 7.17. The van der Waals surface area contributed by atoms with Gasteiger partial charge in [0.1, 0.15) is 10.3 Å². The minimum absolute atomic E-state index is 0.187. The Morgan fingerprint density at radius 1 is 1.13 bits per heavy atom. The van der Waals surface area contributed by atoms with Crippen LogP contribution >= 0.6 is 22.9 Å². The third-order valence-corrected chi connectivity index (χ3v) is 8.91. The number of carbonyl (C=O) groups excluding carboxylic acids is 1. The summed E-state index contributed by atoms with van der Waals surface area (Å²) in [5, 5.41) is 4.67. The molecule has 6 nitrogen and oxygen atoms in total. The van der Waals surface area contributed by atoms with Crippen LogP contribution in [0.25, 0.3) is 10.1 Å². The lowest BCUT2D eigenvalue weighted by atomic mass is 10.0. The van der Waals surface area contributed by atoms with E-state index in [1.54, 1.807) is 29.2 Å². The lowest BCUT2D eigenvalue weighted by Crippen LogP contribution is -2.41. The van der Waals surface area contributed by atoms with Crippen molar-refractivity contribution in [2.24, 2.45) is 0 Å². The molecule has 3 aromatic rings. The van der Waals surface area contributed by atoms with Crippen molar-refractivity contribution in [3.05, 3.63) is 58.6 Å². The average Bonchev–Trinajstić information content (AvgIpc) is 3.31. The maximum Gasteiger partial charge on any atom is 0.250 e. The Kier molecular flexibility index (Phi) is 5.07. The van der Waals surface area contributed by atoms with Gasteiger partial charge in [0.05, 0.1) is 0 Å². The van der Waals surface area contributed by atoms with Gasteiger partial charge in [0.15, 0.2) is 0 Å². The van der Waals surface area contributed by atoms with Crippen LogP contribution in [-0.2, 0) is 27.8 Å². The molecule has 1 atom stereocenters. The Labute approximate surface area is 183 Å². The molecule has 1 amide bonds. The number of hydrogen-bond acceptors (Lipinski definition) is 5. The molecule has 0 saturated carbocycles. The van der Waals surface area contributed by atoms with Gasteiger partial charge in [0.2, 0.25) is 5.91 Å². The first kappa shape index (κ1) is 20.0. The van der Waals surface area contributed by atoms with Gasteiger partial charge in [-0.3, -0.25) is 4.79 Å². The van der Waals surface area contributed by atoms with Gasteiger partial charge in [-0.1, -0.05) is 17.7 Å². The number of sulfonamides is 1. The van der Waals surface area contributed by atoms with Gasteiger partial charge in [0.25, 0.3) is 10.0 Å². The zero-order chi connectivity index (χ0) is 20.9. The standard InChI is InChI=1S/C21H20ClN3O3S2/c22-16-2-4-19-15(9-16)11-20(29-19)30(27,28)24-18-6-8-25(21(18)26)17-3-1-14-12-23-7-5-13(14)10-17/h1-4,9-11,18,23-24H,5-8,12H2/t18-/m0/s1. The second-order valence-electron chi connectivity index (χ2n) is 7.58. The van der Waals surface area contributed by atoms with Crippen LogP contribution in [0.2, 0.25) is 5.02 Å². The number of thiophene rings is 1. The van der Waals surface area contributed by atoms with Crippen molar-refractivity contribution in [1.82, 2.24) is 10.0 Å². The van der Waals surface area contributed by atoms with Gasteiger partial charge < -0.3 is 10.2 Å². The van der Waals surface area contributed by atoms with Crippen LogP contribution in [0.15, 0.2) is 46.7 Å². The van der Waals surface area contributed by atoms with Gasteiger partial charge in [-0.25, -0.2) is 8.42 Å². The molecule has 1 fully saturated rings. The molecule has 3 heterocycles. The molecule has 156 valence electrons. The van der Waals surface area contributed by atoms with E-state index in [1.807, 2.05) is 12.1 Å². The van der Waals surface area contributed by atoms with Crippen LogP contribution in [-0.4, -0.2) is 33.5 Å². The Balaban J connectivity index is 1.36. The highest BCUT2D eigenvalue weighted by molar-refractivity contribution is 7.91. The average molecular weight is 462 g/mol. The van der Waals surface area contributed by atoms with E-state index in [0.717, 1.165) is 35.3 Å². The van der Waals surface area contributed by atoms with E-state index in [0.29, 0.717) is 18.0 Å². The number of benzene rings is 2. The fraction of sp³-hybridized carbons (Fsp3) is 0.286. The van der Waals surface area contributed by atoms with Crippen molar-refractivity contribution >= 4 is 54.6 Å². The van der Waals surface area contributed by atoms with E-state index in [2.05, 4.69) is 16.1 Å². The molecule has 2 aliphatic rings. The Bertz CT molecular complexity index is 1260. The van der Waals surface area contributed by atoms with Crippen molar-refractivity contribution in [3.63, 3.8) is 0 Å². The second-order valence-corrected chi connectivity index (χ2v) is 11.0. The van der Waals surface area contributed by atoms with E-state index in [4.69, 9.17) is 11.6 Å². The molecule has 0 bridgehead atoms. The summed E-state index contributed by atoms with van der Waals surface area (Å²) in [5.41, 5.74) is 3.32. The topological polar surface area (TPSA) is 78.5 Å². The third kappa shape index (κ3) is 3.63. The number of hydrogen-bond donors (Lipinski definition) is 2. The fourth-order valence-corrected chi connectivity index (χ4v) is 6.84. The zero-order valence-electron chi connectivity index (χ0n) is 16.0. The second kappa shape index (κ2) is 7.62. The maximum atomic E-state index is 13.0. The van der Waals surface area contributed by atoms with Crippen LogP contribution in [0.3, 0.4) is 0 Å². The van der Waals surface area contributed by atoms with Crippen LogP contribution in [0.5, 0.6) is 0 Å². The van der Waals surface area contributed by atoms with Crippen LogP contribution < -0.4 is 14.9 Å². The molecule has 2 N–H and O–H groups in total. The Morgan fingerprint density at radius 2 is 2.00 bits per heavy atom. The number of nitrogens with one attached hydrogen (secondary N) is 2. The summed E-state index contributed by atoms with van der Waals surface area (Å²) < 4.78 is 29.5. The molecular weight excluding hydrogens is 442 g/mol. The zero-order valence-corrected chi connectivity index (χ0v) is 18.4. The maximum absolute atomic E-state index is 13.0. The lowest BCUT2D eigenvalue weighted by Gasteiger charge is -2.22. The summed E-state index contributed by atoms with van der Waals surface area (Å²) in [6, 6.07) is 12.2. The van der Waals surface area contributed by atoms with Crippen LogP contribution in [0, 0.1) is 0 Å². The highest BCUT2D eigenvalue weighted by Gasteiger charge is 2.36. The number of halogens is 1. The van der Waals surface area contributed by atoms with Crippen molar-refractivity contribution in [2.75, 3.05) is 18.0 Å². The van der Waals surface area contributed by atoms with E-state index in [1.165, 1.54) is 22.5 Å². The van der Waals surface area contributed by atoms with Gasteiger partial charge >= 0.3 is 0 Å². The number of carbonyl (C=O) groups is 1. The monoisotopic (exact) mass is 461 g/mol. The van der Waals surface area contributed by atoms with Gasteiger partial charge in [-0.05, 0) is 72.3 Å². The molecule has 2 aromatic carbocycles. The molecular formula is C21H20ClN3O3S2.